The van der Waals surface area contributed by atoms with Crippen LogP contribution in [0.4, 0.5) is 0 Å². The number of aromatic nitrogens is 6. The molecule has 0 radical (unpaired) electrons. The van der Waals surface area contributed by atoms with Crippen molar-refractivity contribution in [2.24, 2.45) is 0 Å². The molecule has 6 rings (SSSR count). The minimum absolute atomic E-state index is 0.264. The maximum absolute atomic E-state index is 13.9. The lowest BCUT2D eigenvalue weighted by Gasteiger charge is -2.16. The highest BCUT2D eigenvalue weighted by Gasteiger charge is 2.27. The molecular formula is C34H38N6O5S2+2. The molecule has 4 aromatic heterocycles. The Morgan fingerprint density at radius 1 is 0.702 bits per heavy atom. The van der Waals surface area contributed by atoms with Crippen LogP contribution < -0.4 is 28.1 Å². The summed E-state index contributed by atoms with van der Waals surface area (Å²) in [6.07, 6.45) is 3.97. The van der Waals surface area contributed by atoms with Crippen molar-refractivity contribution in [3.63, 3.8) is 0 Å². The van der Waals surface area contributed by atoms with Gasteiger partial charge in [0.2, 0.25) is 0 Å². The molecule has 2 N–H and O–H groups in total. The van der Waals surface area contributed by atoms with Gasteiger partial charge in [0.15, 0.2) is 11.0 Å². The van der Waals surface area contributed by atoms with Gasteiger partial charge in [0.25, 0.3) is 0 Å². The molecule has 11 nitrogen and oxygen atoms in total. The number of hydrogen-bond acceptors (Lipinski definition) is 8. The lowest BCUT2D eigenvalue weighted by Crippen LogP contribution is -2.39. The second-order valence-electron chi connectivity index (χ2n) is 11.2. The van der Waals surface area contributed by atoms with Gasteiger partial charge in [0, 0.05) is 34.4 Å². The maximum atomic E-state index is 13.9. The normalized spacial score (nSPS) is 12.1. The molecular weight excluding hydrogens is 637 g/mol. The number of nitrogens with zero attached hydrogens (tertiary/aromatic N) is 4. The molecule has 0 aliphatic rings. The van der Waals surface area contributed by atoms with Crippen LogP contribution in [0.1, 0.15) is 33.6 Å². The Kier molecular flexibility index (Phi) is 9.11. The molecule has 0 saturated carbocycles. The van der Waals surface area contributed by atoms with Gasteiger partial charge in [-0.1, -0.05) is 20.8 Å². The van der Waals surface area contributed by atoms with Gasteiger partial charge >= 0.3 is 11.9 Å². The summed E-state index contributed by atoms with van der Waals surface area (Å²) in [5.41, 5.74) is 8.85. The molecule has 6 aromatic rings. The van der Waals surface area contributed by atoms with E-state index in [9.17, 15) is 4.21 Å². The number of methoxy groups -OCH3 is 4. The molecule has 47 heavy (non-hydrogen) atoms. The minimum atomic E-state index is -1.33. The van der Waals surface area contributed by atoms with Crippen molar-refractivity contribution in [2.75, 3.05) is 28.4 Å². The van der Waals surface area contributed by atoms with E-state index in [1.54, 1.807) is 28.4 Å². The van der Waals surface area contributed by atoms with E-state index < -0.39 is 9.83 Å². The molecule has 0 aliphatic carbocycles. The van der Waals surface area contributed by atoms with Crippen molar-refractivity contribution in [3.8, 4) is 34.9 Å². The molecule has 0 saturated heterocycles. The summed E-state index contributed by atoms with van der Waals surface area (Å²) in [5.74, 6) is 5.02. The highest BCUT2D eigenvalue weighted by molar-refractivity contribution is 8.68. The number of hydrogen-bond donors (Lipinski definition) is 2. The first-order valence-electron chi connectivity index (χ1n) is 14.9. The van der Waals surface area contributed by atoms with Gasteiger partial charge in [0.1, 0.15) is 45.4 Å². The lowest BCUT2D eigenvalue weighted by atomic mass is 10.1. The molecule has 0 bridgehead atoms. The summed E-state index contributed by atoms with van der Waals surface area (Å²) in [5, 5.41) is 0. The number of pyridine rings is 2. The molecule has 0 spiro atoms. The van der Waals surface area contributed by atoms with Gasteiger partial charge in [-0.25, -0.2) is 23.3 Å². The predicted molar refractivity (Wildman–Crippen MR) is 184 cm³/mol. The first-order valence-corrected chi connectivity index (χ1v) is 17.7. The van der Waals surface area contributed by atoms with E-state index in [1.165, 1.54) is 10.8 Å². The van der Waals surface area contributed by atoms with Gasteiger partial charge in [-0.2, -0.15) is 0 Å². The van der Waals surface area contributed by atoms with Crippen molar-refractivity contribution in [1.82, 2.24) is 19.9 Å². The zero-order chi connectivity index (χ0) is 33.4. The van der Waals surface area contributed by atoms with E-state index in [2.05, 4.69) is 9.97 Å². The Hall–Kier alpha value is -4.62. The third-order valence-corrected chi connectivity index (χ3v) is 10.9. The van der Waals surface area contributed by atoms with Crippen molar-refractivity contribution in [2.45, 2.75) is 39.2 Å². The van der Waals surface area contributed by atoms with E-state index in [4.69, 9.17) is 28.9 Å². The average molecular weight is 675 g/mol. The summed E-state index contributed by atoms with van der Waals surface area (Å²) in [4.78, 5) is 16.5. The van der Waals surface area contributed by atoms with Crippen LogP contribution in [0.15, 0.2) is 48.8 Å². The smallest absolute Gasteiger partial charge is 0.402 e. The molecule has 1 unspecified atom stereocenters. The van der Waals surface area contributed by atoms with Crippen LogP contribution in [-0.4, -0.2) is 52.6 Å². The zero-order valence-corrected chi connectivity index (χ0v) is 29.3. The molecule has 4 heterocycles. The third kappa shape index (κ3) is 6.12. The average Bonchev–Trinajstić information content (AvgIpc) is 3.69. The fourth-order valence-electron chi connectivity index (χ4n) is 5.94. The number of benzene rings is 2. The van der Waals surface area contributed by atoms with Crippen LogP contribution in [0.25, 0.3) is 34.0 Å². The van der Waals surface area contributed by atoms with Crippen LogP contribution in [0.3, 0.4) is 0 Å². The highest BCUT2D eigenvalue weighted by atomic mass is 33.1. The molecule has 1 atom stereocenters. The number of fused-ring (bicyclic) bond motifs is 2. The second-order valence-corrected chi connectivity index (χ2v) is 14.4. The van der Waals surface area contributed by atoms with E-state index in [0.717, 1.165) is 78.7 Å². The number of rotatable bonds is 11. The first kappa shape index (κ1) is 32.3. The van der Waals surface area contributed by atoms with Gasteiger partial charge in [0.05, 0.1) is 62.2 Å². The van der Waals surface area contributed by atoms with Crippen LogP contribution in [0.2, 0.25) is 0 Å². The number of imidazole rings is 2. The van der Waals surface area contributed by atoms with Crippen molar-refractivity contribution in [3.05, 3.63) is 82.4 Å². The first-order chi connectivity index (χ1) is 22.6. The van der Waals surface area contributed by atoms with Crippen LogP contribution in [0.5, 0.6) is 23.0 Å². The number of aromatic amines is 2. The summed E-state index contributed by atoms with van der Waals surface area (Å²) in [6.45, 7) is 8.00. The van der Waals surface area contributed by atoms with E-state index in [0.29, 0.717) is 17.6 Å². The second kappa shape index (κ2) is 13.2. The van der Waals surface area contributed by atoms with Gasteiger partial charge < -0.3 is 18.9 Å². The summed E-state index contributed by atoms with van der Waals surface area (Å²) in [6, 6.07) is 11.4. The van der Waals surface area contributed by atoms with Crippen molar-refractivity contribution >= 4 is 42.7 Å². The molecule has 244 valence electrons. The molecule has 13 heteroatoms. The van der Waals surface area contributed by atoms with E-state index >= 15 is 0 Å². The minimum Gasteiger partial charge on any atom is -0.497 e. The van der Waals surface area contributed by atoms with Crippen molar-refractivity contribution < 1.29 is 32.3 Å². The Morgan fingerprint density at radius 3 is 1.64 bits per heavy atom. The monoisotopic (exact) mass is 674 g/mol. The van der Waals surface area contributed by atoms with E-state index in [1.807, 2.05) is 85.6 Å². The van der Waals surface area contributed by atoms with Gasteiger partial charge in [-0.15, -0.1) is 0 Å². The SMILES string of the molecule is COc1ccc2nc(-[n+]3cc(C)c(OC)c(C)c3CSS(=O)Cc3c(C)c(OC)c(C)c[n+]3-c3nc4ccc(OC)cc4[nH]3)[nH]c2c1. The quantitative estimate of drug-likeness (QED) is 0.139. The van der Waals surface area contributed by atoms with Gasteiger partial charge in [-0.05, 0) is 52.0 Å². The fraction of sp³-hybridized carbons (Fsp3) is 0.294. The molecule has 0 aliphatic heterocycles. The summed E-state index contributed by atoms with van der Waals surface area (Å²) < 4.78 is 40.3. The van der Waals surface area contributed by atoms with Gasteiger partial charge in [-0.3, -0.25) is 0 Å². The maximum Gasteiger partial charge on any atom is 0.402 e. The highest BCUT2D eigenvalue weighted by Crippen LogP contribution is 2.31. The van der Waals surface area contributed by atoms with Crippen LogP contribution in [-0.2, 0) is 21.3 Å². The number of nitrogens with one attached hydrogen (secondary N) is 2. The number of ether oxygens (including phenoxy) is 4. The topological polar surface area (TPSA) is 119 Å². The third-order valence-electron chi connectivity index (χ3n) is 8.29. The largest absolute Gasteiger partial charge is 0.497 e. The molecule has 0 fully saturated rings. The number of H-pyrrole nitrogens is 2. The van der Waals surface area contributed by atoms with Crippen LogP contribution >= 0.6 is 10.8 Å². The Morgan fingerprint density at radius 2 is 1.17 bits per heavy atom. The molecule has 2 aromatic carbocycles. The number of aryl methyl sites for hydroxylation is 2. The lowest BCUT2D eigenvalue weighted by molar-refractivity contribution is -0.611. The molecule has 0 amide bonds. The Labute approximate surface area is 279 Å². The summed E-state index contributed by atoms with van der Waals surface area (Å²) in [7, 11) is 6.63. The Bertz CT molecular complexity index is 2160. The Balaban J connectivity index is 1.35. The van der Waals surface area contributed by atoms with E-state index in [-0.39, 0.29) is 5.75 Å². The fourth-order valence-corrected chi connectivity index (χ4v) is 8.52. The zero-order valence-electron chi connectivity index (χ0n) is 27.7. The van der Waals surface area contributed by atoms with Crippen LogP contribution in [0, 0.1) is 27.7 Å². The van der Waals surface area contributed by atoms with Crippen molar-refractivity contribution in [1.29, 1.82) is 0 Å². The standard InChI is InChI=1S/C34H38N6O5S2/c1-19-15-39(33-35-25-11-9-23(42-5)13-27(25)37-33)29(21(3)31(19)44-7)17-46-47(41)18-30-22(4)32(45-8)20(2)16-40(30)34-36-26-12-10-24(43-6)14-28(26)38-34/h9-16H,17-18H2,1-8H3,(H,35,37)(H,36,38)/q+2. The summed E-state index contributed by atoms with van der Waals surface area (Å²) >= 11 is 0. The predicted octanol–water partition coefficient (Wildman–Crippen LogP) is 5.36.